The number of hydrogen-bond acceptors (Lipinski definition) is 5. The Bertz CT molecular complexity index is 898. The van der Waals surface area contributed by atoms with E-state index in [9.17, 15) is 9.59 Å². The van der Waals surface area contributed by atoms with Gasteiger partial charge >= 0.3 is 0 Å². The fraction of sp³-hybridized carbons (Fsp3) is 0.455. The predicted molar refractivity (Wildman–Crippen MR) is 110 cm³/mol. The lowest BCUT2D eigenvalue weighted by atomic mass is 9.99. The molecule has 0 aliphatic carbocycles. The summed E-state index contributed by atoms with van der Waals surface area (Å²) in [6.07, 6.45) is 3.67. The number of piperidine rings is 1. The van der Waals surface area contributed by atoms with Crippen LogP contribution in [-0.4, -0.2) is 51.7 Å². The van der Waals surface area contributed by atoms with E-state index in [1.54, 1.807) is 6.92 Å². The van der Waals surface area contributed by atoms with Crippen molar-refractivity contribution < 1.29 is 9.59 Å². The first kappa shape index (κ1) is 19.4. The first-order valence-corrected chi connectivity index (χ1v) is 10.3. The molecule has 152 valence electrons. The number of benzene rings is 1. The van der Waals surface area contributed by atoms with Crippen molar-refractivity contribution >= 4 is 17.6 Å². The van der Waals surface area contributed by atoms with Gasteiger partial charge < -0.3 is 15.1 Å². The minimum absolute atomic E-state index is 0.0254. The van der Waals surface area contributed by atoms with Crippen molar-refractivity contribution in [2.24, 2.45) is 0 Å². The maximum absolute atomic E-state index is 12.9. The van der Waals surface area contributed by atoms with E-state index < -0.39 is 0 Å². The standard InChI is InChI=1S/C22H27N5O2/c1-15(28)27-12-7-6-10-19(27)21-24-18-11-13-26(14-17(18)20(23-2)25-21)22(29)16-8-4-3-5-9-16/h3-5,8-9,19H,6-7,10-14H2,1-2H3,(H,23,24,25)/t19-/m1/s1. The van der Waals surface area contributed by atoms with E-state index >= 15 is 0 Å². The van der Waals surface area contributed by atoms with E-state index in [2.05, 4.69) is 5.32 Å². The van der Waals surface area contributed by atoms with E-state index in [1.165, 1.54) is 0 Å². The summed E-state index contributed by atoms with van der Waals surface area (Å²) in [6, 6.07) is 9.29. The predicted octanol–water partition coefficient (Wildman–Crippen LogP) is 2.79. The van der Waals surface area contributed by atoms with Gasteiger partial charge in [-0.1, -0.05) is 18.2 Å². The molecule has 7 nitrogen and oxygen atoms in total. The van der Waals surface area contributed by atoms with E-state index in [0.29, 0.717) is 30.9 Å². The van der Waals surface area contributed by atoms with Crippen LogP contribution in [0.15, 0.2) is 30.3 Å². The van der Waals surface area contributed by atoms with Crippen molar-refractivity contribution in [1.82, 2.24) is 19.8 Å². The highest BCUT2D eigenvalue weighted by Gasteiger charge is 2.31. The molecular formula is C22H27N5O2. The zero-order valence-electron chi connectivity index (χ0n) is 17.0. The van der Waals surface area contributed by atoms with Crippen LogP contribution in [0.5, 0.6) is 0 Å². The van der Waals surface area contributed by atoms with Crippen LogP contribution in [-0.2, 0) is 17.8 Å². The van der Waals surface area contributed by atoms with Gasteiger partial charge in [-0.05, 0) is 31.4 Å². The van der Waals surface area contributed by atoms with Crippen LogP contribution >= 0.6 is 0 Å². The minimum atomic E-state index is -0.0670. The largest absolute Gasteiger partial charge is 0.373 e. The summed E-state index contributed by atoms with van der Waals surface area (Å²) in [5, 5.41) is 3.19. The molecule has 0 bridgehead atoms. The number of nitrogens with one attached hydrogen (secondary N) is 1. The SMILES string of the molecule is CNc1nc([C@H]2CCCCN2C(C)=O)nc2c1CN(C(=O)c1ccccc1)CC2. The molecule has 0 unspecified atom stereocenters. The number of likely N-dealkylation sites (tertiary alicyclic amines) is 1. The number of carbonyl (C=O) groups is 2. The maximum Gasteiger partial charge on any atom is 0.254 e. The van der Waals surface area contributed by atoms with Gasteiger partial charge in [0.15, 0.2) is 5.82 Å². The third-order valence-electron chi connectivity index (χ3n) is 5.83. The van der Waals surface area contributed by atoms with Crippen molar-refractivity contribution in [3.63, 3.8) is 0 Å². The Morgan fingerprint density at radius 2 is 1.90 bits per heavy atom. The number of amides is 2. The van der Waals surface area contributed by atoms with E-state index in [0.717, 1.165) is 42.9 Å². The number of anilines is 1. The quantitative estimate of drug-likeness (QED) is 0.868. The second-order valence-electron chi connectivity index (χ2n) is 7.67. The molecule has 2 amide bonds. The lowest BCUT2D eigenvalue weighted by Gasteiger charge is -2.35. The zero-order chi connectivity index (χ0) is 20.4. The second-order valence-corrected chi connectivity index (χ2v) is 7.67. The van der Waals surface area contributed by atoms with Gasteiger partial charge in [-0.3, -0.25) is 9.59 Å². The van der Waals surface area contributed by atoms with Gasteiger partial charge in [0.05, 0.1) is 18.3 Å². The van der Waals surface area contributed by atoms with Crippen LogP contribution < -0.4 is 5.32 Å². The normalized spacial score (nSPS) is 18.9. The lowest BCUT2D eigenvalue weighted by Crippen LogP contribution is -2.39. The molecule has 2 aromatic rings. The van der Waals surface area contributed by atoms with Crippen LogP contribution in [0.25, 0.3) is 0 Å². The van der Waals surface area contributed by atoms with Crippen LogP contribution in [0.2, 0.25) is 0 Å². The molecule has 0 spiro atoms. The van der Waals surface area contributed by atoms with Gasteiger partial charge in [-0.25, -0.2) is 9.97 Å². The summed E-state index contributed by atoms with van der Waals surface area (Å²) >= 11 is 0. The smallest absolute Gasteiger partial charge is 0.254 e. The van der Waals surface area contributed by atoms with Gasteiger partial charge in [0.25, 0.3) is 5.91 Å². The number of hydrogen-bond donors (Lipinski definition) is 1. The lowest BCUT2D eigenvalue weighted by molar-refractivity contribution is -0.132. The van der Waals surface area contributed by atoms with Crippen molar-refractivity contribution in [3.8, 4) is 0 Å². The molecule has 1 aromatic heterocycles. The molecule has 2 aliphatic heterocycles. The Morgan fingerprint density at radius 1 is 1.10 bits per heavy atom. The maximum atomic E-state index is 12.9. The molecule has 1 aromatic carbocycles. The summed E-state index contributed by atoms with van der Waals surface area (Å²) in [5.74, 6) is 1.56. The van der Waals surface area contributed by atoms with Crippen LogP contribution in [0, 0.1) is 0 Å². The van der Waals surface area contributed by atoms with Crippen LogP contribution in [0.3, 0.4) is 0 Å². The Morgan fingerprint density at radius 3 is 2.62 bits per heavy atom. The number of rotatable bonds is 3. The van der Waals surface area contributed by atoms with Crippen molar-refractivity contribution in [1.29, 1.82) is 0 Å². The molecule has 0 radical (unpaired) electrons. The Labute approximate surface area is 171 Å². The molecule has 1 saturated heterocycles. The van der Waals surface area contributed by atoms with Crippen molar-refractivity contribution in [2.75, 3.05) is 25.5 Å². The molecule has 4 rings (SSSR count). The molecular weight excluding hydrogens is 366 g/mol. The van der Waals surface area contributed by atoms with Gasteiger partial charge in [0.1, 0.15) is 5.82 Å². The highest BCUT2D eigenvalue weighted by molar-refractivity contribution is 5.94. The Balaban J connectivity index is 1.62. The molecule has 0 saturated carbocycles. The minimum Gasteiger partial charge on any atom is -0.373 e. The average Bonchev–Trinajstić information content (AvgIpc) is 2.78. The summed E-state index contributed by atoms with van der Waals surface area (Å²) < 4.78 is 0. The first-order valence-electron chi connectivity index (χ1n) is 10.3. The van der Waals surface area contributed by atoms with Crippen LogP contribution in [0.4, 0.5) is 5.82 Å². The number of aromatic nitrogens is 2. The molecule has 29 heavy (non-hydrogen) atoms. The summed E-state index contributed by atoms with van der Waals surface area (Å²) in [6.45, 7) is 3.49. The second kappa shape index (κ2) is 8.19. The molecule has 1 N–H and O–H groups in total. The Hall–Kier alpha value is -2.96. The summed E-state index contributed by atoms with van der Waals surface area (Å²) in [5.41, 5.74) is 2.64. The Kier molecular flexibility index (Phi) is 5.47. The van der Waals surface area contributed by atoms with Crippen molar-refractivity contribution in [2.45, 2.75) is 45.2 Å². The van der Waals surface area contributed by atoms with Gasteiger partial charge in [0.2, 0.25) is 5.91 Å². The molecule has 7 heteroatoms. The van der Waals surface area contributed by atoms with Crippen molar-refractivity contribution in [3.05, 3.63) is 53.0 Å². The first-order chi connectivity index (χ1) is 14.1. The number of carbonyl (C=O) groups excluding carboxylic acids is 2. The summed E-state index contributed by atoms with van der Waals surface area (Å²) in [4.78, 5) is 38.3. The third kappa shape index (κ3) is 3.81. The molecule has 3 heterocycles. The van der Waals surface area contributed by atoms with Gasteiger partial charge in [-0.15, -0.1) is 0 Å². The number of nitrogens with zero attached hydrogens (tertiary/aromatic N) is 4. The molecule has 1 atom stereocenters. The highest BCUT2D eigenvalue weighted by Crippen LogP contribution is 2.32. The molecule has 2 aliphatic rings. The number of fused-ring (bicyclic) bond motifs is 1. The van der Waals surface area contributed by atoms with Gasteiger partial charge in [-0.2, -0.15) is 0 Å². The van der Waals surface area contributed by atoms with E-state index in [1.807, 2.05) is 47.2 Å². The fourth-order valence-corrected chi connectivity index (χ4v) is 4.30. The zero-order valence-corrected chi connectivity index (χ0v) is 17.0. The highest BCUT2D eigenvalue weighted by atomic mass is 16.2. The van der Waals surface area contributed by atoms with E-state index in [-0.39, 0.29) is 17.9 Å². The van der Waals surface area contributed by atoms with Crippen LogP contribution in [0.1, 0.15) is 59.7 Å². The fourth-order valence-electron chi connectivity index (χ4n) is 4.30. The van der Waals surface area contributed by atoms with E-state index in [4.69, 9.17) is 9.97 Å². The monoisotopic (exact) mass is 393 g/mol. The summed E-state index contributed by atoms with van der Waals surface area (Å²) in [7, 11) is 1.84. The van der Waals surface area contributed by atoms with Gasteiger partial charge in [0, 0.05) is 44.6 Å². The average molecular weight is 393 g/mol. The topological polar surface area (TPSA) is 78.4 Å². The molecule has 1 fully saturated rings. The third-order valence-corrected chi connectivity index (χ3v) is 5.83.